The Morgan fingerprint density at radius 1 is 1.33 bits per heavy atom. The van der Waals surface area contributed by atoms with Crippen LogP contribution in [-0.4, -0.2) is 0 Å². The van der Waals surface area contributed by atoms with Gasteiger partial charge >= 0.3 is 0 Å². The summed E-state index contributed by atoms with van der Waals surface area (Å²) in [5.41, 5.74) is 1.16. The normalized spacial score (nSPS) is 10.3. The minimum Gasteiger partial charge on any atom is -0.487 e. The summed E-state index contributed by atoms with van der Waals surface area (Å²) in [6.07, 6.45) is 0. The van der Waals surface area contributed by atoms with Crippen molar-refractivity contribution >= 4 is 38.9 Å². The van der Waals surface area contributed by atoms with Crippen molar-refractivity contribution in [3.05, 3.63) is 50.1 Å². The first-order valence-corrected chi connectivity index (χ1v) is 6.46. The quantitative estimate of drug-likeness (QED) is 0.795. The molecule has 4 heteroatoms. The Hall–Kier alpha value is -0.510. The summed E-state index contributed by atoms with van der Waals surface area (Å²) in [5.74, 6) is 0.706. The summed E-state index contributed by atoms with van der Waals surface area (Å²) in [5, 5.41) is 4.72. The average molecular weight is 304 g/mol. The van der Waals surface area contributed by atoms with E-state index in [2.05, 4.69) is 21.3 Å². The Morgan fingerprint density at radius 3 is 2.93 bits per heavy atom. The van der Waals surface area contributed by atoms with Crippen LogP contribution in [0.1, 0.15) is 5.56 Å². The van der Waals surface area contributed by atoms with E-state index in [1.165, 1.54) is 0 Å². The Kier molecular flexibility index (Phi) is 3.67. The fourth-order valence-corrected chi connectivity index (χ4v) is 2.29. The topological polar surface area (TPSA) is 9.23 Å². The Bertz CT molecular complexity index is 442. The molecule has 0 saturated heterocycles. The Balaban J connectivity index is 2.07. The number of hydrogen-bond acceptors (Lipinski definition) is 2. The molecule has 1 heterocycles. The lowest BCUT2D eigenvalue weighted by Gasteiger charge is -2.07. The predicted octanol–water partition coefficient (Wildman–Crippen LogP) is 4.74. The van der Waals surface area contributed by atoms with Crippen LogP contribution in [-0.2, 0) is 6.61 Å². The van der Waals surface area contributed by atoms with Crippen molar-refractivity contribution in [2.24, 2.45) is 0 Å². The molecule has 1 nitrogen and oxygen atoms in total. The van der Waals surface area contributed by atoms with Gasteiger partial charge in [0.15, 0.2) is 0 Å². The predicted molar refractivity (Wildman–Crippen MR) is 67.8 cm³/mol. The van der Waals surface area contributed by atoms with Crippen molar-refractivity contribution in [2.45, 2.75) is 6.61 Å². The molecule has 15 heavy (non-hydrogen) atoms. The third-order valence-electron chi connectivity index (χ3n) is 1.87. The standard InChI is InChI=1S/C11H8BrClOS/c12-9-1-2-10(13)11(5-9)14-6-8-3-4-15-7-8/h1-5,7H,6H2. The molecule has 0 fully saturated rings. The lowest BCUT2D eigenvalue weighted by Crippen LogP contribution is -1.94. The molecule has 0 radical (unpaired) electrons. The van der Waals surface area contributed by atoms with Crippen molar-refractivity contribution in [3.8, 4) is 5.75 Å². The first-order chi connectivity index (χ1) is 7.25. The highest BCUT2D eigenvalue weighted by molar-refractivity contribution is 9.10. The SMILES string of the molecule is Clc1ccc(Br)cc1OCc1ccsc1. The second-order valence-corrected chi connectivity index (χ2v) is 5.10. The lowest BCUT2D eigenvalue weighted by molar-refractivity contribution is 0.307. The van der Waals surface area contributed by atoms with Gasteiger partial charge in [0, 0.05) is 4.47 Å². The lowest BCUT2D eigenvalue weighted by atomic mass is 10.3. The van der Waals surface area contributed by atoms with E-state index in [1.54, 1.807) is 11.3 Å². The third kappa shape index (κ3) is 2.97. The van der Waals surface area contributed by atoms with Crippen LogP contribution in [0.25, 0.3) is 0 Å². The highest BCUT2D eigenvalue weighted by Crippen LogP contribution is 2.28. The largest absolute Gasteiger partial charge is 0.487 e. The van der Waals surface area contributed by atoms with Crippen LogP contribution in [0, 0.1) is 0 Å². The van der Waals surface area contributed by atoms with Crippen LogP contribution in [0.4, 0.5) is 0 Å². The van der Waals surface area contributed by atoms with E-state index in [9.17, 15) is 0 Å². The van der Waals surface area contributed by atoms with Gasteiger partial charge in [-0.15, -0.1) is 0 Å². The van der Waals surface area contributed by atoms with E-state index < -0.39 is 0 Å². The maximum Gasteiger partial charge on any atom is 0.139 e. The van der Waals surface area contributed by atoms with Crippen molar-refractivity contribution < 1.29 is 4.74 Å². The number of ether oxygens (including phenoxy) is 1. The molecule has 0 atom stereocenters. The van der Waals surface area contributed by atoms with Crippen molar-refractivity contribution in [2.75, 3.05) is 0 Å². The molecule has 78 valence electrons. The zero-order chi connectivity index (χ0) is 10.7. The highest BCUT2D eigenvalue weighted by atomic mass is 79.9. The fraction of sp³-hybridized carbons (Fsp3) is 0.0909. The van der Waals surface area contributed by atoms with Gasteiger partial charge in [-0.1, -0.05) is 27.5 Å². The van der Waals surface area contributed by atoms with Crippen LogP contribution in [0.15, 0.2) is 39.5 Å². The molecule has 0 aliphatic rings. The smallest absolute Gasteiger partial charge is 0.139 e. The molecule has 0 amide bonds. The van der Waals surface area contributed by atoms with Gasteiger partial charge in [-0.2, -0.15) is 11.3 Å². The minimum absolute atomic E-state index is 0.555. The van der Waals surface area contributed by atoms with Gasteiger partial charge in [-0.25, -0.2) is 0 Å². The van der Waals surface area contributed by atoms with Crippen LogP contribution >= 0.6 is 38.9 Å². The minimum atomic E-state index is 0.555. The molecule has 1 aromatic heterocycles. The summed E-state index contributed by atoms with van der Waals surface area (Å²) in [4.78, 5) is 0. The van der Waals surface area contributed by atoms with Crippen LogP contribution in [0.5, 0.6) is 5.75 Å². The van der Waals surface area contributed by atoms with Gasteiger partial charge in [0.25, 0.3) is 0 Å². The number of halogens is 2. The van der Waals surface area contributed by atoms with Gasteiger partial charge in [-0.3, -0.25) is 0 Å². The Morgan fingerprint density at radius 2 is 2.20 bits per heavy atom. The number of hydrogen-bond donors (Lipinski definition) is 0. The zero-order valence-electron chi connectivity index (χ0n) is 7.74. The average Bonchev–Trinajstić information content (AvgIpc) is 2.72. The fourth-order valence-electron chi connectivity index (χ4n) is 1.12. The van der Waals surface area contributed by atoms with Gasteiger partial charge in [0.1, 0.15) is 12.4 Å². The summed E-state index contributed by atoms with van der Waals surface area (Å²) < 4.78 is 6.57. The summed E-state index contributed by atoms with van der Waals surface area (Å²) in [6, 6.07) is 7.61. The maximum atomic E-state index is 5.99. The van der Waals surface area contributed by atoms with Crippen molar-refractivity contribution in [3.63, 3.8) is 0 Å². The van der Waals surface area contributed by atoms with Crippen molar-refractivity contribution in [1.29, 1.82) is 0 Å². The number of benzene rings is 1. The van der Waals surface area contributed by atoms with E-state index in [4.69, 9.17) is 16.3 Å². The second kappa shape index (κ2) is 5.01. The van der Waals surface area contributed by atoms with Crippen LogP contribution in [0.3, 0.4) is 0 Å². The maximum absolute atomic E-state index is 5.99. The molecule has 0 bridgehead atoms. The molecular weight excluding hydrogens is 296 g/mol. The van der Waals surface area contributed by atoms with E-state index in [-0.39, 0.29) is 0 Å². The molecule has 0 unspecified atom stereocenters. The second-order valence-electron chi connectivity index (χ2n) is 3.00. The number of rotatable bonds is 3. The van der Waals surface area contributed by atoms with E-state index in [0.29, 0.717) is 17.4 Å². The van der Waals surface area contributed by atoms with Crippen molar-refractivity contribution in [1.82, 2.24) is 0 Å². The zero-order valence-corrected chi connectivity index (χ0v) is 10.9. The molecule has 2 aromatic rings. The van der Waals surface area contributed by atoms with Gasteiger partial charge in [0.05, 0.1) is 5.02 Å². The van der Waals surface area contributed by atoms with Gasteiger partial charge < -0.3 is 4.74 Å². The molecule has 2 rings (SSSR count). The summed E-state index contributed by atoms with van der Waals surface area (Å²) >= 11 is 11.0. The highest BCUT2D eigenvalue weighted by Gasteiger charge is 2.02. The Labute approximate surface area is 106 Å². The number of thiophene rings is 1. The summed E-state index contributed by atoms with van der Waals surface area (Å²) in [6.45, 7) is 0.555. The molecule has 0 saturated carbocycles. The van der Waals surface area contributed by atoms with E-state index in [0.717, 1.165) is 10.0 Å². The van der Waals surface area contributed by atoms with Crippen LogP contribution in [0.2, 0.25) is 5.02 Å². The first kappa shape index (κ1) is 11.0. The van der Waals surface area contributed by atoms with Crippen LogP contribution < -0.4 is 4.74 Å². The van der Waals surface area contributed by atoms with Gasteiger partial charge in [-0.05, 0) is 40.6 Å². The molecule has 0 aliphatic heterocycles. The molecular formula is C11H8BrClOS. The molecule has 0 aliphatic carbocycles. The monoisotopic (exact) mass is 302 g/mol. The third-order valence-corrected chi connectivity index (χ3v) is 3.41. The van der Waals surface area contributed by atoms with Gasteiger partial charge in [0.2, 0.25) is 0 Å². The summed E-state index contributed by atoms with van der Waals surface area (Å²) in [7, 11) is 0. The molecule has 0 spiro atoms. The van der Waals surface area contributed by atoms with E-state index >= 15 is 0 Å². The molecule has 0 N–H and O–H groups in total. The van der Waals surface area contributed by atoms with E-state index in [1.807, 2.05) is 29.6 Å². The molecule has 1 aromatic carbocycles. The first-order valence-electron chi connectivity index (χ1n) is 4.34.